The van der Waals surface area contributed by atoms with Crippen molar-refractivity contribution in [1.29, 1.82) is 0 Å². The standard InChI is InChI=1S/C19H26N4O/c1-13(2)21-18(24)23-16-10-11-17(20-12-16)22-15-8-6-14(7-9-15)19(3,4)5/h6-13H,1-5H3,(H,20,22)(H2,21,23,24). The summed E-state index contributed by atoms with van der Waals surface area (Å²) in [6.45, 7) is 10.4. The summed E-state index contributed by atoms with van der Waals surface area (Å²) in [5, 5.41) is 8.77. The summed E-state index contributed by atoms with van der Waals surface area (Å²) >= 11 is 0. The number of pyridine rings is 1. The molecule has 0 spiro atoms. The summed E-state index contributed by atoms with van der Waals surface area (Å²) in [6, 6.07) is 11.8. The number of carbonyl (C=O) groups is 1. The van der Waals surface area contributed by atoms with Crippen molar-refractivity contribution in [3.05, 3.63) is 48.2 Å². The molecule has 0 aliphatic heterocycles. The summed E-state index contributed by atoms with van der Waals surface area (Å²) in [7, 11) is 0. The topological polar surface area (TPSA) is 66.1 Å². The lowest BCUT2D eigenvalue weighted by atomic mass is 9.87. The summed E-state index contributed by atoms with van der Waals surface area (Å²) < 4.78 is 0. The second-order valence-corrected chi connectivity index (χ2v) is 7.14. The van der Waals surface area contributed by atoms with Crippen LogP contribution in [0.3, 0.4) is 0 Å². The van der Waals surface area contributed by atoms with Gasteiger partial charge in [-0.15, -0.1) is 0 Å². The van der Waals surface area contributed by atoms with E-state index < -0.39 is 0 Å². The van der Waals surface area contributed by atoms with Gasteiger partial charge in [-0.3, -0.25) is 0 Å². The molecule has 2 amide bonds. The normalized spacial score (nSPS) is 11.2. The molecule has 0 radical (unpaired) electrons. The molecule has 2 aromatic rings. The Labute approximate surface area is 143 Å². The predicted molar refractivity (Wildman–Crippen MR) is 100.0 cm³/mol. The molecule has 1 aromatic carbocycles. The third-order valence-corrected chi connectivity index (χ3v) is 3.46. The maximum atomic E-state index is 11.6. The van der Waals surface area contributed by atoms with Gasteiger partial charge in [0.2, 0.25) is 0 Å². The predicted octanol–water partition coefficient (Wildman–Crippen LogP) is 4.65. The highest BCUT2D eigenvalue weighted by atomic mass is 16.2. The summed E-state index contributed by atoms with van der Waals surface area (Å²) in [5.74, 6) is 0.730. The first-order chi connectivity index (χ1) is 11.2. The number of hydrogen-bond acceptors (Lipinski definition) is 3. The minimum Gasteiger partial charge on any atom is -0.340 e. The Morgan fingerprint density at radius 1 is 1.00 bits per heavy atom. The Morgan fingerprint density at radius 2 is 1.62 bits per heavy atom. The van der Waals surface area contributed by atoms with Crippen molar-refractivity contribution >= 4 is 23.2 Å². The highest BCUT2D eigenvalue weighted by molar-refractivity contribution is 5.89. The molecule has 0 fully saturated rings. The number of urea groups is 1. The number of rotatable bonds is 4. The van der Waals surface area contributed by atoms with Crippen LogP contribution in [-0.4, -0.2) is 17.1 Å². The van der Waals surface area contributed by atoms with Crippen LogP contribution in [-0.2, 0) is 5.41 Å². The Hall–Kier alpha value is -2.56. The third-order valence-electron chi connectivity index (χ3n) is 3.46. The summed E-state index contributed by atoms with van der Waals surface area (Å²) in [4.78, 5) is 16.0. The lowest BCUT2D eigenvalue weighted by molar-refractivity contribution is 0.250. The van der Waals surface area contributed by atoms with Crippen LogP contribution in [0.15, 0.2) is 42.6 Å². The SMILES string of the molecule is CC(C)NC(=O)Nc1ccc(Nc2ccc(C(C)(C)C)cc2)nc1. The van der Waals surface area contributed by atoms with E-state index in [1.807, 2.05) is 38.1 Å². The fraction of sp³-hybridized carbons (Fsp3) is 0.368. The highest BCUT2D eigenvalue weighted by Crippen LogP contribution is 2.24. The molecule has 2 rings (SSSR count). The number of amides is 2. The van der Waals surface area contributed by atoms with Crippen molar-refractivity contribution in [2.75, 3.05) is 10.6 Å². The van der Waals surface area contributed by atoms with E-state index >= 15 is 0 Å². The van der Waals surface area contributed by atoms with Crippen molar-refractivity contribution in [2.24, 2.45) is 0 Å². The Balaban J connectivity index is 1.97. The molecule has 0 bridgehead atoms. The largest absolute Gasteiger partial charge is 0.340 e. The van der Waals surface area contributed by atoms with Crippen LogP contribution in [0, 0.1) is 0 Å². The van der Waals surface area contributed by atoms with E-state index in [0.29, 0.717) is 5.69 Å². The van der Waals surface area contributed by atoms with Gasteiger partial charge in [0, 0.05) is 11.7 Å². The number of nitrogens with zero attached hydrogens (tertiary/aromatic N) is 1. The van der Waals surface area contributed by atoms with Crippen molar-refractivity contribution in [3.8, 4) is 0 Å². The van der Waals surface area contributed by atoms with Gasteiger partial charge in [-0.2, -0.15) is 0 Å². The molecule has 0 aliphatic rings. The zero-order chi connectivity index (χ0) is 17.7. The first-order valence-corrected chi connectivity index (χ1v) is 8.15. The van der Waals surface area contributed by atoms with Gasteiger partial charge in [-0.25, -0.2) is 9.78 Å². The first kappa shape index (κ1) is 17.8. The lowest BCUT2D eigenvalue weighted by Crippen LogP contribution is -2.34. The quantitative estimate of drug-likeness (QED) is 0.766. The fourth-order valence-corrected chi connectivity index (χ4v) is 2.17. The van der Waals surface area contributed by atoms with Gasteiger partial charge < -0.3 is 16.0 Å². The zero-order valence-electron chi connectivity index (χ0n) is 15.0. The van der Waals surface area contributed by atoms with E-state index in [4.69, 9.17) is 0 Å². The van der Waals surface area contributed by atoms with E-state index in [1.54, 1.807) is 6.20 Å². The van der Waals surface area contributed by atoms with Gasteiger partial charge in [0.1, 0.15) is 5.82 Å². The lowest BCUT2D eigenvalue weighted by Gasteiger charge is -2.19. The van der Waals surface area contributed by atoms with Gasteiger partial charge in [-0.1, -0.05) is 32.9 Å². The molecule has 5 nitrogen and oxygen atoms in total. The average molecular weight is 326 g/mol. The molecule has 5 heteroatoms. The number of hydrogen-bond donors (Lipinski definition) is 3. The average Bonchev–Trinajstić information content (AvgIpc) is 2.48. The smallest absolute Gasteiger partial charge is 0.319 e. The second-order valence-electron chi connectivity index (χ2n) is 7.14. The molecule has 1 heterocycles. The molecule has 0 saturated carbocycles. The monoisotopic (exact) mass is 326 g/mol. The Kier molecular flexibility index (Phi) is 5.44. The van der Waals surface area contributed by atoms with Crippen LogP contribution < -0.4 is 16.0 Å². The van der Waals surface area contributed by atoms with Crippen LogP contribution in [0.4, 0.5) is 22.0 Å². The van der Waals surface area contributed by atoms with Gasteiger partial charge in [0.25, 0.3) is 0 Å². The van der Waals surface area contributed by atoms with Gasteiger partial charge in [-0.05, 0) is 49.1 Å². The molecule has 0 unspecified atom stereocenters. The van der Waals surface area contributed by atoms with Crippen LogP contribution >= 0.6 is 0 Å². The minimum absolute atomic E-state index is 0.0926. The van der Waals surface area contributed by atoms with Gasteiger partial charge in [0.05, 0.1) is 11.9 Å². The summed E-state index contributed by atoms with van der Waals surface area (Å²) in [6.07, 6.45) is 1.63. The van der Waals surface area contributed by atoms with Crippen molar-refractivity contribution in [1.82, 2.24) is 10.3 Å². The fourth-order valence-electron chi connectivity index (χ4n) is 2.17. The van der Waals surface area contributed by atoms with Crippen LogP contribution in [0.2, 0.25) is 0 Å². The molecular weight excluding hydrogens is 300 g/mol. The van der Waals surface area contributed by atoms with Gasteiger partial charge in [0.15, 0.2) is 0 Å². The number of aromatic nitrogens is 1. The third kappa shape index (κ3) is 5.26. The molecule has 0 saturated heterocycles. The maximum absolute atomic E-state index is 11.6. The van der Waals surface area contributed by atoms with E-state index in [2.05, 4.69) is 53.8 Å². The van der Waals surface area contributed by atoms with E-state index in [0.717, 1.165) is 11.5 Å². The molecule has 0 atom stereocenters. The Morgan fingerprint density at radius 3 is 2.12 bits per heavy atom. The number of benzene rings is 1. The zero-order valence-corrected chi connectivity index (χ0v) is 15.0. The second kappa shape index (κ2) is 7.34. The molecule has 1 aromatic heterocycles. The highest BCUT2D eigenvalue weighted by Gasteiger charge is 2.12. The van der Waals surface area contributed by atoms with Crippen molar-refractivity contribution in [2.45, 2.75) is 46.1 Å². The number of anilines is 3. The van der Waals surface area contributed by atoms with Crippen LogP contribution in [0.1, 0.15) is 40.2 Å². The number of nitrogens with one attached hydrogen (secondary N) is 3. The van der Waals surface area contributed by atoms with Crippen LogP contribution in [0.5, 0.6) is 0 Å². The molecular formula is C19H26N4O. The summed E-state index contributed by atoms with van der Waals surface area (Å²) in [5.41, 5.74) is 3.06. The van der Waals surface area contributed by atoms with E-state index in [9.17, 15) is 4.79 Å². The van der Waals surface area contributed by atoms with Crippen molar-refractivity contribution < 1.29 is 4.79 Å². The van der Waals surface area contributed by atoms with Crippen LogP contribution in [0.25, 0.3) is 0 Å². The van der Waals surface area contributed by atoms with Gasteiger partial charge >= 0.3 is 6.03 Å². The van der Waals surface area contributed by atoms with Crippen molar-refractivity contribution in [3.63, 3.8) is 0 Å². The Bertz CT molecular complexity index is 670. The van der Waals surface area contributed by atoms with E-state index in [1.165, 1.54) is 5.56 Å². The minimum atomic E-state index is -0.231. The van der Waals surface area contributed by atoms with E-state index in [-0.39, 0.29) is 17.5 Å². The number of carbonyl (C=O) groups excluding carboxylic acids is 1. The molecule has 128 valence electrons. The first-order valence-electron chi connectivity index (χ1n) is 8.15. The molecule has 24 heavy (non-hydrogen) atoms. The molecule has 0 aliphatic carbocycles. The molecule has 3 N–H and O–H groups in total. The maximum Gasteiger partial charge on any atom is 0.319 e.